The molecule has 0 aliphatic carbocycles. The Hall–Kier alpha value is -0.610. The van der Waals surface area contributed by atoms with E-state index >= 15 is 0 Å². The van der Waals surface area contributed by atoms with Crippen molar-refractivity contribution in [2.45, 2.75) is 12.2 Å². The standard InChI is InChI=1S/C12H16ClNO2/c1-14-5-6-16-11(8-14)12(15)9-3-2-4-10(13)7-9/h2-4,7,11-12,15H,5-6,8H2,1H3. The summed E-state index contributed by atoms with van der Waals surface area (Å²) in [6, 6.07) is 7.29. The Morgan fingerprint density at radius 3 is 3.06 bits per heavy atom. The molecule has 1 fully saturated rings. The van der Waals surface area contributed by atoms with Gasteiger partial charge in [0.2, 0.25) is 0 Å². The molecule has 0 saturated carbocycles. The molecule has 1 aromatic carbocycles. The minimum Gasteiger partial charge on any atom is -0.386 e. The maximum atomic E-state index is 10.2. The van der Waals surface area contributed by atoms with Gasteiger partial charge in [0.25, 0.3) is 0 Å². The second-order valence-corrected chi connectivity index (χ2v) is 4.61. The molecule has 2 atom stereocenters. The van der Waals surface area contributed by atoms with Gasteiger partial charge in [0.05, 0.1) is 6.61 Å². The predicted octanol–water partition coefficient (Wildman–Crippen LogP) is 1.70. The molecule has 0 spiro atoms. The minimum atomic E-state index is -0.610. The number of benzene rings is 1. The monoisotopic (exact) mass is 241 g/mol. The van der Waals surface area contributed by atoms with Crippen molar-refractivity contribution in [1.82, 2.24) is 4.90 Å². The lowest BCUT2D eigenvalue weighted by Crippen LogP contribution is -2.42. The normalized spacial score (nSPS) is 24.3. The van der Waals surface area contributed by atoms with Gasteiger partial charge in [0.15, 0.2) is 0 Å². The number of hydrogen-bond acceptors (Lipinski definition) is 3. The highest BCUT2D eigenvalue weighted by Crippen LogP contribution is 2.24. The molecule has 0 amide bonds. The molecule has 0 aromatic heterocycles. The van der Waals surface area contributed by atoms with Crippen LogP contribution in [-0.4, -0.2) is 42.9 Å². The zero-order valence-electron chi connectivity index (χ0n) is 9.27. The number of morpholine rings is 1. The minimum absolute atomic E-state index is 0.169. The van der Waals surface area contributed by atoms with Crippen molar-refractivity contribution in [1.29, 1.82) is 0 Å². The summed E-state index contributed by atoms with van der Waals surface area (Å²) in [5.74, 6) is 0. The molecule has 2 unspecified atom stereocenters. The van der Waals surface area contributed by atoms with Crippen molar-refractivity contribution in [3.05, 3.63) is 34.9 Å². The van der Waals surface area contributed by atoms with Crippen LogP contribution >= 0.6 is 11.6 Å². The second kappa shape index (κ2) is 5.15. The summed E-state index contributed by atoms with van der Waals surface area (Å²) in [4.78, 5) is 2.15. The Morgan fingerprint density at radius 1 is 1.56 bits per heavy atom. The van der Waals surface area contributed by atoms with Crippen LogP contribution in [0.1, 0.15) is 11.7 Å². The number of halogens is 1. The Bertz CT molecular complexity index is 359. The third kappa shape index (κ3) is 2.74. The second-order valence-electron chi connectivity index (χ2n) is 4.17. The maximum Gasteiger partial charge on any atom is 0.106 e. The molecule has 1 aliphatic heterocycles. The Labute approximate surface area is 101 Å². The Balaban J connectivity index is 2.09. The first-order chi connectivity index (χ1) is 7.66. The quantitative estimate of drug-likeness (QED) is 0.856. The maximum absolute atomic E-state index is 10.2. The van der Waals surface area contributed by atoms with Crippen LogP contribution in [0.2, 0.25) is 5.02 Å². The molecule has 16 heavy (non-hydrogen) atoms. The number of likely N-dealkylation sites (N-methyl/N-ethyl adjacent to an activating group) is 1. The lowest BCUT2D eigenvalue weighted by Gasteiger charge is -2.33. The van der Waals surface area contributed by atoms with Crippen molar-refractivity contribution >= 4 is 11.6 Å². The summed E-state index contributed by atoms with van der Waals surface area (Å²) in [5.41, 5.74) is 0.813. The van der Waals surface area contributed by atoms with E-state index in [1.807, 2.05) is 19.2 Å². The zero-order valence-corrected chi connectivity index (χ0v) is 10.0. The summed E-state index contributed by atoms with van der Waals surface area (Å²) in [6.45, 7) is 2.32. The smallest absolute Gasteiger partial charge is 0.106 e. The van der Waals surface area contributed by atoms with Crippen LogP contribution in [0.4, 0.5) is 0 Å². The molecule has 0 bridgehead atoms. The van der Waals surface area contributed by atoms with Gasteiger partial charge in [0.1, 0.15) is 12.2 Å². The van der Waals surface area contributed by atoms with Crippen molar-refractivity contribution in [2.24, 2.45) is 0 Å². The highest BCUT2D eigenvalue weighted by atomic mass is 35.5. The SMILES string of the molecule is CN1CCOC(C(O)c2cccc(Cl)c2)C1. The number of aliphatic hydroxyl groups excluding tert-OH is 1. The van der Waals surface area contributed by atoms with Crippen LogP contribution in [0.3, 0.4) is 0 Å². The van der Waals surface area contributed by atoms with Gasteiger partial charge in [-0.15, -0.1) is 0 Å². The molecular formula is C12H16ClNO2. The summed E-state index contributed by atoms with van der Waals surface area (Å²) in [7, 11) is 2.03. The van der Waals surface area contributed by atoms with Gasteiger partial charge in [-0.2, -0.15) is 0 Å². The Morgan fingerprint density at radius 2 is 2.38 bits per heavy atom. The number of ether oxygens (including phenoxy) is 1. The van der Waals surface area contributed by atoms with E-state index in [-0.39, 0.29) is 6.10 Å². The lowest BCUT2D eigenvalue weighted by molar-refractivity contribution is -0.0844. The van der Waals surface area contributed by atoms with Gasteiger partial charge in [-0.1, -0.05) is 23.7 Å². The van der Waals surface area contributed by atoms with E-state index in [1.54, 1.807) is 12.1 Å². The fourth-order valence-electron chi connectivity index (χ4n) is 1.91. The third-order valence-corrected chi connectivity index (χ3v) is 3.07. The molecule has 2 rings (SSSR count). The van der Waals surface area contributed by atoms with Gasteiger partial charge in [-0.3, -0.25) is 0 Å². The van der Waals surface area contributed by atoms with Crippen LogP contribution in [0, 0.1) is 0 Å². The summed E-state index contributed by atoms with van der Waals surface area (Å²) in [5, 5.41) is 10.8. The first-order valence-electron chi connectivity index (χ1n) is 5.40. The fraction of sp³-hybridized carbons (Fsp3) is 0.500. The average Bonchev–Trinajstić information content (AvgIpc) is 2.28. The molecule has 4 heteroatoms. The molecule has 88 valence electrons. The first-order valence-corrected chi connectivity index (χ1v) is 5.78. The summed E-state index contributed by atoms with van der Waals surface area (Å²) in [6.07, 6.45) is -0.779. The van der Waals surface area contributed by atoms with Gasteiger partial charge < -0.3 is 14.7 Å². The highest BCUT2D eigenvalue weighted by molar-refractivity contribution is 6.30. The van der Waals surface area contributed by atoms with Crippen molar-refractivity contribution < 1.29 is 9.84 Å². The van der Waals surface area contributed by atoms with E-state index in [2.05, 4.69) is 4.90 Å². The predicted molar refractivity (Wildman–Crippen MR) is 63.6 cm³/mol. The fourth-order valence-corrected chi connectivity index (χ4v) is 2.11. The van der Waals surface area contributed by atoms with E-state index in [0.29, 0.717) is 11.6 Å². The molecule has 1 N–H and O–H groups in total. The highest BCUT2D eigenvalue weighted by Gasteiger charge is 2.26. The van der Waals surface area contributed by atoms with E-state index in [9.17, 15) is 5.11 Å². The molecule has 1 aliphatic rings. The van der Waals surface area contributed by atoms with Crippen molar-refractivity contribution in [3.63, 3.8) is 0 Å². The molecule has 1 heterocycles. The number of nitrogens with zero attached hydrogens (tertiary/aromatic N) is 1. The van der Waals surface area contributed by atoms with Gasteiger partial charge >= 0.3 is 0 Å². The summed E-state index contributed by atoms with van der Waals surface area (Å²) >= 11 is 5.89. The number of aliphatic hydroxyl groups is 1. The largest absolute Gasteiger partial charge is 0.386 e. The van der Waals surface area contributed by atoms with E-state index in [1.165, 1.54) is 0 Å². The van der Waals surface area contributed by atoms with Crippen LogP contribution < -0.4 is 0 Å². The van der Waals surface area contributed by atoms with Crippen LogP contribution in [-0.2, 0) is 4.74 Å². The van der Waals surface area contributed by atoms with E-state index < -0.39 is 6.10 Å². The first kappa shape index (κ1) is 11.9. The molecule has 1 saturated heterocycles. The van der Waals surface area contributed by atoms with Crippen molar-refractivity contribution in [2.75, 3.05) is 26.7 Å². The number of rotatable bonds is 2. The molecule has 0 radical (unpaired) electrons. The van der Waals surface area contributed by atoms with Crippen LogP contribution in [0.15, 0.2) is 24.3 Å². The molecule has 1 aromatic rings. The number of hydrogen-bond donors (Lipinski definition) is 1. The van der Waals surface area contributed by atoms with E-state index in [0.717, 1.165) is 18.7 Å². The summed E-state index contributed by atoms with van der Waals surface area (Å²) < 4.78 is 5.57. The molecular weight excluding hydrogens is 226 g/mol. The molecule has 3 nitrogen and oxygen atoms in total. The Kier molecular flexibility index (Phi) is 3.82. The zero-order chi connectivity index (χ0) is 11.5. The van der Waals surface area contributed by atoms with Gasteiger partial charge in [-0.25, -0.2) is 0 Å². The average molecular weight is 242 g/mol. The van der Waals surface area contributed by atoms with E-state index in [4.69, 9.17) is 16.3 Å². The van der Waals surface area contributed by atoms with Crippen LogP contribution in [0.25, 0.3) is 0 Å². The lowest BCUT2D eigenvalue weighted by atomic mass is 10.0. The van der Waals surface area contributed by atoms with Gasteiger partial charge in [0, 0.05) is 18.1 Å². The van der Waals surface area contributed by atoms with Crippen molar-refractivity contribution in [3.8, 4) is 0 Å². The van der Waals surface area contributed by atoms with Crippen LogP contribution in [0.5, 0.6) is 0 Å². The third-order valence-electron chi connectivity index (χ3n) is 2.84. The van der Waals surface area contributed by atoms with Gasteiger partial charge in [-0.05, 0) is 24.7 Å². The topological polar surface area (TPSA) is 32.7 Å².